The smallest absolute Gasteiger partial charge is 0.325 e. The number of methoxy groups -OCH3 is 1. The number of benzene rings is 1. The number of amides is 4. The summed E-state index contributed by atoms with van der Waals surface area (Å²) in [7, 11) is 1.58. The maximum atomic E-state index is 12.7. The average molecular weight is 418 g/mol. The van der Waals surface area contributed by atoms with Crippen molar-refractivity contribution < 1.29 is 23.9 Å². The summed E-state index contributed by atoms with van der Waals surface area (Å²) >= 11 is 0. The Kier molecular flexibility index (Phi) is 7.18. The topological polar surface area (TPSA) is 97.0 Å². The first-order valence-electron chi connectivity index (χ1n) is 10.7. The van der Waals surface area contributed by atoms with Gasteiger partial charge in [0.1, 0.15) is 5.54 Å². The standard InChI is InChI=1S/C22H31N3O5/c1-3-13-30-17-8-7-16(14-18(17)29-2)15-23-19(26)9-12-25-20(27)22(24-21(25)28)10-5-4-6-11-22/h7-8,14H,3-6,9-13,15H2,1-2H3,(H,23,26)(H,24,28). The fourth-order valence-electron chi connectivity index (χ4n) is 4.03. The zero-order chi connectivity index (χ0) is 21.6. The number of hydrogen-bond donors (Lipinski definition) is 2. The van der Waals surface area contributed by atoms with Crippen molar-refractivity contribution in [2.24, 2.45) is 0 Å². The van der Waals surface area contributed by atoms with E-state index in [2.05, 4.69) is 10.6 Å². The van der Waals surface area contributed by atoms with Crippen LogP contribution in [0.15, 0.2) is 18.2 Å². The van der Waals surface area contributed by atoms with E-state index in [0.717, 1.165) is 31.2 Å². The van der Waals surface area contributed by atoms with E-state index in [0.29, 0.717) is 37.5 Å². The van der Waals surface area contributed by atoms with Gasteiger partial charge in [-0.15, -0.1) is 0 Å². The van der Waals surface area contributed by atoms with Gasteiger partial charge in [0.05, 0.1) is 13.7 Å². The largest absolute Gasteiger partial charge is 0.493 e. The quantitative estimate of drug-likeness (QED) is 0.602. The van der Waals surface area contributed by atoms with Crippen molar-refractivity contribution in [1.29, 1.82) is 0 Å². The molecule has 0 atom stereocenters. The first kappa shape index (κ1) is 21.9. The molecule has 1 saturated heterocycles. The Labute approximate surface area is 177 Å². The molecule has 0 bridgehead atoms. The lowest BCUT2D eigenvalue weighted by molar-refractivity contribution is -0.132. The molecule has 1 aliphatic heterocycles. The summed E-state index contributed by atoms with van der Waals surface area (Å²) in [5, 5.41) is 5.70. The van der Waals surface area contributed by atoms with Crippen LogP contribution in [-0.4, -0.2) is 48.5 Å². The van der Waals surface area contributed by atoms with E-state index in [-0.39, 0.29) is 30.8 Å². The first-order valence-corrected chi connectivity index (χ1v) is 10.7. The van der Waals surface area contributed by atoms with Crippen molar-refractivity contribution >= 4 is 17.8 Å². The number of ether oxygens (including phenoxy) is 2. The molecule has 1 aliphatic carbocycles. The van der Waals surface area contributed by atoms with Crippen LogP contribution in [0.5, 0.6) is 11.5 Å². The first-order chi connectivity index (χ1) is 14.5. The molecule has 3 rings (SSSR count). The van der Waals surface area contributed by atoms with Crippen LogP contribution in [0.1, 0.15) is 57.4 Å². The Bertz CT molecular complexity index is 789. The van der Waals surface area contributed by atoms with Crippen LogP contribution in [0.25, 0.3) is 0 Å². The Morgan fingerprint density at radius 2 is 1.97 bits per heavy atom. The van der Waals surface area contributed by atoms with Gasteiger partial charge in [-0.3, -0.25) is 14.5 Å². The van der Waals surface area contributed by atoms with Crippen molar-refractivity contribution in [2.75, 3.05) is 20.3 Å². The van der Waals surface area contributed by atoms with Crippen molar-refractivity contribution in [2.45, 2.75) is 64.0 Å². The number of nitrogens with zero attached hydrogens (tertiary/aromatic N) is 1. The van der Waals surface area contributed by atoms with Crippen LogP contribution < -0.4 is 20.1 Å². The van der Waals surface area contributed by atoms with Crippen LogP contribution in [-0.2, 0) is 16.1 Å². The molecule has 1 aromatic rings. The fourth-order valence-corrected chi connectivity index (χ4v) is 4.03. The summed E-state index contributed by atoms with van der Waals surface area (Å²) in [6.07, 6.45) is 5.30. The maximum Gasteiger partial charge on any atom is 0.325 e. The summed E-state index contributed by atoms with van der Waals surface area (Å²) in [4.78, 5) is 38.5. The van der Waals surface area contributed by atoms with Gasteiger partial charge in [-0.25, -0.2) is 4.79 Å². The van der Waals surface area contributed by atoms with Gasteiger partial charge in [0.25, 0.3) is 5.91 Å². The molecule has 1 heterocycles. The minimum atomic E-state index is -0.746. The highest BCUT2D eigenvalue weighted by Crippen LogP contribution is 2.33. The summed E-state index contributed by atoms with van der Waals surface area (Å²) in [6, 6.07) is 5.14. The highest BCUT2D eigenvalue weighted by molar-refractivity contribution is 6.07. The van der Waals surface area contributed by atoms with Gasteiger partial charge >= 0.3 is 6.03 Å². The fraction of sp³-hybridized carbons (Fsp3) is 0.591. The van der Waals surface area contributed by atoms with E-state index in [1.165, 1.54) is 4.90 Å². The van der Waals surface area contributed by atoms with Crippen molar-refractivity contribution in [3.63, 3.8) is 0 Å². The van der Waals surface area contributed by atoms with Gasteiger partial charge in [0.2, 0.25) is 5.91 Å². The zero-order valence-electron chi connectivity index (χ0n) is 17.8. The Morgan fingerprint density at radius 3 is 2.67 bits per heavy atom. The Morgan fingerprint density at radius 1 is 1.20 bits per heavy atom. The van der Waals surface area contributed by atoms with Crippen molar-refractivity contribution in [3.05, 3.63) is 23.8 Å². The molecular weight excluding hydrogens is 386 g/mol. The molecule has 4 amide bonds. The molecule has 164 valence electrons. The lowest BCUT2D eigenvalue weighted by Gasteiger charge is -2.30. The molecule has 0 unspecified atom stereocenters. The van der Waals surface area contributed by atoms with E-state index < -0.39 is 5.54 Å². The predicted molar refractivity (Wildman–Crippen MR) is 111 cm³/mol. The minimum absolute atomic E-state index is 0.0735. The van der Waals surface area contributed by atoms with E-state index in [4.69, 9.17) is 9.47 Å². The van der Waals surface area contributed by atoms with Gasteiger partial charge in [-0.05, 0) is 37.0 Å². The lowest BCUT2D eigenvalue weighted by atomic mass is 9.82. The van der Waals surface area contributed by atoms with E-state index in [1.807, 2.05) is 25.1 Å². The highest BCUT2D eigenvalue weighted by Gasteiger charge is 2.50. The van der Waals surface area contributed by atoms with Gasteiger partial charge in [0, 0.05) is 19.5 Å². The van der Waals surface area contributed by atoms with E-state index in [1.54, 1.807) is 7.11 Å². The van der Waals surface area contributed by atoms with Crippen LogP contribution >= 0.6 is 0 Å². The monoisotopic (exact) mass is 417 g/mol. The number of imide groups is 1. The third-order valence-corrected chi connectivity index (χ3v) is 5.69. The maximum absolute atomic E-state index is 12.7. The SMILES string of the molecule is CCCOc1ccc(CNC(=O)CCN2C(=O)NC3(CCCCC3)C2=O)cc1OC. The molecule has 8 heteroatoms. The van der Waals surface area contributed by atoms with Gasteiger partial charge in [0.15, 0.2) is 11.5 Å². The number of carbonyl (C=O) groups excluding carboxylic acids is 3. The molecule has 1 spiro atoms. The van der Waals surface area contributed by atoms with Crippen molar-refractivity contribution in [3.8, 4) is 11.5 Å². The number of hydrogen-bond acceptors (Lipinski definition) is 5. The van der Waals surface area contributed by atoms with E-state index in [9.17, 15) is 14.4 Å². The van der Waals surface area contributed by atoms with Crippen LogP contribution in [0.2, 0.25) is 0 Å². The molecule has 0 aromatic heterocycles. The summed E-state index contributed by atoms with van der Waals surface area (Å²) in [5.74, 6) is 0.884. The zero-order valence-corrected chi connectivity index (χ0v) is 17.8. The predicted octanol–water partition coefficient (Wildman–Crippen LogP) is 2.75. The van der Waals surface area contributed by atoms with Crippen LogP contribution in [0.4, 0.5) is 4.79 Å². The molecule has 2 N–H and O–H groups in total. The molecule has 1 saturated carbocycles. The molecule has 8 nitrogen and oxygen atoms in total. The number of carbonyl (C=O) groups is 3. The van der Waals surface area contributed by atoms with E-state index >= 15 is 0 Å². The third kappa shape index (κ3) is 4.86. The number of rotatable bonds is 9. The minimum Gasteiger partial charge on any atom is -0.493 e. The second kappa shape index (κ2) is 9.82. The molecule has 30 heavy (non-hydrogen) atoms. The second-order valence-electron chi connectivity index (χ2n) is 7.89. The van der Waals surface area contributed by atoms with Gasteiger partial charge in [-0.2, -0.15) is 0 Å². The number of nitrogens with one attached hydrogen (secondary N) is 2. The normalized spacial score (nSPS) is 17.7. The molecule has 1 aromatic carbocycles. The van der Waals surface area contributed by atoms with Crippen LogP contribution in [0.3, 0.4) is 0 Å². The van der Waals surface area contributed by atoms with Crippen molar-refractivity contribution in [1.82, 2.24) is 15.5 Å². The summed E-state index contributed by atoms with van der Waals surface area (Å²) in [5.41, 5.74) is 0.129. The Balaban J connectivity index is 1.49. The van der Waals surface area contributed by atoms with Gasteiger partial charge < -0.3 is 20.1 Å². The second-order valence-corrected chi connectivity index (χ2v) is 7.89. The summed E-state index contributed by atoms with van der Waals surface area (Å²) < 4.78 is 11.0. The Hall–Kier alpha value is -2.77. The number of urea groups is 1. The highest BCUT2D eigenvalue weighted by atomic mass is 16.5. The molecular formula is C22H31N3O5. The molecule has 2 aliphatic rings. The van der Waals surface area contributed by atoms with Gasteiger partial charge in [-0.1, -0.05) is 32.3 Å². The third-order valence-electron chi connectivity index (χ3n) is 5.69. The van der Waals surface area contributed by atoms with Crippen LogP contribution in [0, 0.1) is 0 Å². The summed E-state index contributed by atoms with van der Waals surface area (Å²) in [6.45, 7) is 3.06. The average Bonchev–Trinajstić information content (AvgIpc) is 2.98. The molecule has 2 fully saturated rings. The molecule has 0 radical (unpaired) electrons. The lowest BCUT2D eigenvalue weighted by Crippen LogP contribution is -2.48.